The molecular formula is C12H14BrClN4. The van der Waals surface area contributed by atoms with Gasteiger partial charge in [-0.15, -0.1) is 0 Å². The van der Waals surface area contributed by atoms with Crippen molar-refractivity contribution in [1.82, 2.24) is 20.1 Å². The van der Waals surface area contributed by atoms with Crippen LogP contribution in [0.4, 0.5) is 0 Å². The predicted molar refractivity (Wildman–Crippen MR) is 75.7 cm³/mol. The molecule has 0 spiro atoms. The van der Waals surface area contributed by atoms with E-state index in [0.717, 1.165) is 22.4 Å². The molecule has 1 atom stereocenters. The summed E-state index contributed by atoms with van der Waals surface area (Å²) in [6.07, 6.45) is 3.52. The quantitative estimate of drug-likeness (QED) is 0.938. The van der Waals surface area contributed by atoms with Crippen molar-refractivity contribution < 1.29 is 0 Å². The van der Waals surface area contributed by atoms with Gasteiger partial charge in [0.15, 0.2) is 0 Å². The molecule has 1 N–H and O–H groups in total. The second-order valence-electron chi connectivity index (χ2n) is 3.86. The molecule has 0 amide bonds. The first-order valence-electron chi connectivity index (χ1n) is 5.66. The van der Waals surface area contributed by atoms with Crippen LogP contribution in [0.15, 0.2) is 29.0 Å². The van der Waals surface area contributed by atoms with E-state index in [1.54, 1.807) is 12.4 Å². The van der Waals surface area contributed by atoms with Crippen LogP contribution < -0.4 is 5.32 Å². The van der Waals surface area contributed by atoms with Crippen molar-refractivity contribution in [2.75, 3.05) is 6.54 Å². The average molecular weight is 330 g/mol. The molecule has 96 valence electrons. The highest BCUT2D eigenvalue weighted by molar-refractivity contribution is 9.10. The Morgan fingerprint density at radius 1 is 1.56 bits per heavy atom. The predicted octanol–water partition coefficient (Wildman–Crippen LogP) is 2.93. The summed E-state index contributed by atoms with van der Waals surface area (Å²) in [5, 5.41) is 8.27. The molecule has 0 aromatic carbocycles. The molecule has 6 heteroatoms. The summed E-state index contributed by atoms with van der Waals surface area (Å²) in [6.45, 7) is 2.86. The molecule has 0 radical (unpaired) electrons. The van der Waals surface area contributed by atoms with Crippen molar-refractivity contribution in [3.63, 3.8) is 0 Å². The minimum atomic E-state index is -0.0782. The van der Waals surface area contributed by atoms with Gasteiger partial charge in [-0.2, -0.15) is 5.10 Å². The first kappa shape index (κ1) is 13.5. The molecule has 2 aromatic rings. The van der Waals surface area contributed by atoms with Gasteiger partial charge in [0.1, 0.15) is 0 Å². The number of hydrogen-bond donors (Lipinski definition) is 1. The van der Waals surface area contributed by atoms with Crippen LogP contribution in [-0.4, -0.2) is 21.3 Å². The van der Waals surface area contributed by atoms with Crippen molar-refractivity contribution in [3.05, 3.63) is 45.4 Å². The number of rotatable bonds is 4. The maximum absolute atomic E-state index is 6.23. The molecular weight excluding hydrogens is 316 g/mol. The zero-order valence-electron chi connectivity index (χ0n) is 10.2. The van der Waals surface area contributed by atoms with Gasteiger partial charge in [-0.25, -0.2) is 0 Å². The normalized spacial score (nSPS) is 12.7. The first-order chi connectivity index (χ1) is 8.65. The van der Waals surface area contributed by atoms with Gasteiger partial charge in [-0.3, -0.25) is 9.67 Å². The largest absolute Gasteiger partial charge is 0.304 e. The Balaban J connectivity index is 2.50. The van der Waals surface area contributed by atoms with Crippen molar-refractivity contribution in [3.8, 4) is 0 Å². The van der Waals surface area contributed by atoms with Gasteiger partial charge in [0, 0.05) is 13.2 Å². The Kier molecular flexibility index (Phi) is 4.37. The molecule has 0 saturated carbocycles. The Hall–Kier alpha value is -0.910. The fourth-order valence-corrected chi connectivity index (χ4v) is 2.69. The molecule has 0 aliphatic heterocycles. The topological polar surface area (TPSA) is 42.7 Å². The Morgan fingerprint density at radius 3 is 2.89 bits per heavy atom. The van der Waals surface area contributed by atoms with Crippen molar-refractivity contribution in [2.45, 2.75) is 13.0 Å². The molecule has 0 aliphatic rings. The maximum atomic E-state index is 6.23. The summed E-state index contributed by atoms with van der Waals surface area (Å²) < 4.78 is 2.76. The summed E-state index contributed by atoms with van der Waals surface area (Å²) in [6, 6.07) is 3.59. The van der Waals surface area contributed by atoms with Gasteiger partial charge in [0.25, 0.3) is 0 Å². The van der Waals surface area contributed by atoms with Crippen molar-refractivity contribution in [2.24, 2.45) is 7.05 Å². The number of hydrogen-bond acceptors (Lipinski definition) is 3. The molecule has 0 saturated heterocycles. The zero-order chi connectivity index (χ0) is 13.1. The maximum Gasteiger partial charge on any atom is 0.0948 e. The van der Waals surface area contributed by atoms with Crippen LogP contribution in [-0.2, 0) is 7.05 Å². The van der Waals surface area contributed by atoms with Crippen LogP contribution in [0.1, 0.15) is 24.4 Å². The van der Waals surface area contributed by atoms with Gasteiger partial charge < -0.3 is 5.32 Å². The molecule has 0 fully saturated rings. The van der Waals surface area contributed by atoms with Crippen molar-refractivity contribution >= 4 is 27.5 Å². The highest BCUT2D eigenvalue weighted by atomic mass is 79.9. The minimum Gasteiger partial charge on any atom is -0.304 e. The third-order valence-electron chi connectivity index (χ3n) is 2.68. The smallest absolute Gasteiger partial charge is 0.0948 e. The second-order valence-corrected chi connectivity index (χ2v) is 5.12. The van der Waals surface area contributed by atoms with E-state index in [-0.39, 0.29) is 6.04 Å². The van der Waals surface area contributed by atoms with Crippen LogP contribution in [0.25, 0.3) is 0 Å². The molecule has 2 aromatic heterocycles. The third-order valence-corrected chi connectivity index (χ3v) is 3.61. The van der Waals surface area contributed by atoms with E-state index in [1.807, 2.05) is 30.8 Å². The lowest BCUT2D eigenvalue weighted by atomic mass is 10.1. The van der Waals surface area contributed by atoms with E-state index in [9.17, 15) is 0 Å². The van der Waals surface area contributed by atoms with E-state index in [4.69, 9.17) is 11.6 Å². The van der Waals surface area contributed by atoms with Crippen molar-refractivity contribution in [1.29, 1.82) is 0 Å². The standard InChI is InChI=1S/C12H14BrClN4/c1-3-15-11(10-9(14)5-4-6-16-10)12-8(13)7-17-18(12)2/h4-7,11,15H,3H2,1-2H3. The summed E-state index contributed by atoms with van der Waals surface area (Å²) in [4.78, 5) is 4.38. The van der Waals surface area contributed by atoms with Gasteiger partial charge >= 0.3 is 0 Å². The van der Waals surface area contributed by atoms with Crippen LogP contribution in [0.5, 0.6) is 0 Å². The first-order valence-corrected chi connectivity index (χ1v) is 6.83. The fourth-order valence-electron chi connectivity index (χ4n) is 1.88. The average Bonchev–Trinajstić information content (AvgIpc) is 2.68. The summed E-state index contributed by atoms with van der Waals surface area (Å²) in [5.74, 6) is 0. The van der Waals surface area contributed by atoms with Gasteiger partial charge in [0.05, 0.1) is 33.1 Å². The van der Waals surface area contributed by atoms with E-state index < -0.39 is 0 Å². The SMILES string of the molecule is CCNC(c1ncccc1Cl)c1c(Br)cnn1C. The number of pyridine rings is 1. The highest BCUT2D eigenvalue weighted by Gasteiger charge is 2.23. The van der Waals surface area contributed by atoms with Gasteiger partial charge in [0.2, 0.25) is 0 Å². The van der Waals surface area contributed by atoms with Crippen LogP contribution >= 0.6 is 27.5 Å². The summed E-state index contributed by atoms with van der Waals surface area (Å²) in [7, 11) is 1.90. The van der Waals surface area contributed by atoms with E-state index in [2.05, 4.69) is 31.3 Å². The molecule has 4 nitrogen and oxygen atoms in total. The second kappa shape index (κ2) is 5.82. The lowest BCUT2D eigenvalue weighted by Gasteiger charge is -2.19. The molecule has 0 bridgehead atoms. The van der Waals surface area contributed by atoms with Crippen LogP contribution in [0, 0.1) is 0 Å². The Morgan fingerprint density at radius 2 is 2.33 bits per heavy atom. The van der Waals surface area contributed by atoms with E-state index in [1.165, 1.54) is 0 Å². The Bertz CT molecular complexity index is 521. The van der Waals surface area contributed by atoms with E-state index in [0.29, 0.717) is 5.02 Å². The molecule has 2 heterocycles. The number of nitrogens with one attached hydrogen (secondary N) is 1. The monoisotopic (exact) mass is 328 g/mol. The minimum absolute atomic E-state index is 0.0782. The van der Waals surface area contributed by atoms with Crippen LogP contribution in [0.3, 0.4) is 0 Å². The van der Waals surface area contributed by atoms with Gasteiger partial charge in [-0.05, 0) is 34.6 Å². The van der Waals surface area contributed by atoms with Crippen LogP contribution in [0.2, 0.25) is 5.02 Å². The summed E-state index contributed by atoms with van der Waals surface area (Å²) >= 11 is 9.74. The molecule has 2 rings (SSSR count). The number of nitrogens with zero attached hydrogens (tertiary/aromatic N) is 3. The lowest BCUT2D eigenvalue weighted by molar-refractivity contribution is 0.560. The summed E-state index contributed by atoms with van der Waals surface area (Å²) in [5.41, 5.74) is 1.82. The fraction of sp³-hybridized carbons (Fsp3) is 0.333. The highest BCUT2D eigenvalue weighted by Crippen LogP contribution is 2.30. The third kappa shape index (κ3) is 2.58. The van der Waals surface area contributed by atoms with Gasteiger partial charge in [-0.1, -0.05) is 18.5 Å². The van der Waals surface area contributed by atoms with E-state index >= 15 is 0 Å². The Labute approximate surface area is 119 Å². The number of aromatic nitrogens is 3. The molecule has 1 unspecified atom stereocenters. The molecule has 18 heavy (non-hydrogen) atoms. The lowest BCUT2D eigenvalue weighted by Crippen LogP contribution is -2.25. The number of aryl methyl sites for hydroxylation is 1. The zero-order valence-corrected chi connectivity index (χ0v) is 12.5. The molecule has 0 aliphatic carbocycles. The number of halogens is 2.